The summed E-state index contributed by atoms with van der Waals surface area (Å²) in [6, 6.07) is 10.7. The van der Waals surface area contributed by atoms with Crippen molar-refractivity contribution in [2.75, 3.05) is 5.32 Å². The Labute approximate surface area is 154 Å². The minimum atomic E-state index is -0.326. The molecule has 3 heterocycles. The lowest BCUT2D eigenvalue weighted by Crippen LogP contribution is -2.11. The van der Waals surface area contributed by atoms with Crippen LogP contribution in [0.1, 0.15) is 27.7 Å². The van der Waals surface area contributed by atoms with Crippen LogP contribution in [0.5, 0.6) is 0 Å². The van der Waals surface area contributed by atoms with E-state index >= 15 is 0 Å². The van der Waals surface area contributed by atoms with Crippen molar-refractivity contribution in [3.05, 3.63) is 71.7 Å². The van der Waals surface area contributed by atoms with Crippen LogP contribution >= 0.6 is 0 Å². The fourth-order valence-electron chi connectivity index (χ4n) is 2.61. The first-order valence-electron chi connectivity index (χ1n) is 8.37. The molecule has 1 amide bonds. The zero-order chi connectivity index (χ0) is 18.8. The molecule has 3 aromatic heterocycles. The first-order chi connectivity index (χ1) is 13.1. The van der Waals surface area contributed by atoms with Crippen LogP contribution in [0.2, 0.25) is 0 Å². The van der Waals surface area contributed by atoms with Gasteiger partial charge in [-0.15, -0.1) is 0 Å². The molecule has 4 rings (SSSR count). The van der Waals surface area contributed by atoms with Crippen molar-refractivity contribution in [3.8, 4) is 11.5 Å². The van der Waals surface area contributed by atoms with Gasteiger partial charge in [0.25, 0.3) is 5.91 Å². The molecule has 0 bridgehead atoms. The predicted molar refractivity (Wildman–Crippen MR) is 97.2 cm³/mol. The van der Waals surface area contributed by atoms with E-state index in [2.05, 4.69) is 20.6 Å². The monoisotopic (exact) mass is 363 g/mol. The third-order valence-electron chi connectivity index (χ3n) is 4.01. The van der Waals surface area contributed by atoms with E-state index in [1.807, 2.05) is 31.3 Å². The van der Waals surface area contributed by atoms with E-state index in [-0.39, 0.29) is 11.6 Å². The quantitative estimate of drug-likeness (QED) is 0.583. The number of hydrogen-bond donors (Lipinski definition) is 1. The molecule has 0 radical (unpaired) electrons. The largest absolute Gasteiger partial charge is 0.441 e. The maximum Gasteiger partial charge on any atom is 0.277 e. The van der Waals surface area contributed by atoms with Gasteiger partial charge >= 0.3 is 0 Å². The van der Waals surface area contributed by atoms with E-state index in [1.54, 1.807) is 36.0 Å². The van der Waals surface area contributed by atoms with Crippen LogP contribution in [0.3, 0.4) is 0 Å². The Morgan fingerprint density at radius 3 is 2.70 bits per heavy atom. The third kappa shape index (κ3) is 3.64. The maximum absolute atomic E-state index is 12.1. The lowest BCUT2D eigenvalue weighted by molar-refractivity contribution is 0.101. The van der Waals surface area contributed by atoms with Crippen LogP contribution in [0.15, 0.2) is 57.7 Å². The smallest absolute Gasteiger partial charge is 0.277 e. The molecule has 136 valence electrons. The lowest BCUT2D eigenvalue weighted by Gasteiger charge is -2.03. The minimum absolute atomic E-state index is 0.239. The number of carbonyl (C=O) groups is 1. The summed E-state index contributed by atoms with van der Waals surface area (Å²) in [6.45, 7) is 4.16. The molecule has 0 aliphatic carbocycles. The number of aryl methyl sites for hydroxylation is 2. The van der Waals surface area contributed by atoms with Crippen LogP contribution in [0, 0.1) is 13.8 Å². The number of amides is 1. The molecular weight excluding hydrogens is 346 g/mol. The van der Waals surface area contributed by atoms with Crippen molar-refractivity contribution in [2.24, 2.45) is 0 Å². The molecule has 0 aliphatic heterocycles. The summed E-state index contributed by atoms with van der Waals surface area (Å²) in [5.41, 5.74) is 2.53. The van der Waals surface area contributed by atoms with E-state index < -0.39 is 0 Å². The standard InChI is InChI=1S/C19H17N5O3/c1-12-10-16(23-27-12)18(25)21-15-6-4-14(5-7-15)19-22-17(13(2)26-19)11-24-9-3-8-20-24/h3-10H,11H2,1-2H3,(H,21,25). The number of rotatable bonds is 5. The highest BCUT2D eigenvalue weighted by Crippen LogP contribution is 2.24. The molecule has 1 N–H and O–H groups in total. The van der Waals surface area contributed by atoms with Crippen molar-refractivity contribution in [2.45, 2.75) is 20.4 Å². The molecular formula is C19H17N5O3. The second-order valence-corrected chi connectivity index (χ2v) is 6.08. The number of nitrogens with one attached hydrogen (secondary N) is 1. The van der Waals surface area contributed by atoms with Gasteiger partial charge in [0.2, 0.25) is 5.89 Å². The second kappa shape index (κ2) is 6.91. The highest BCUT2D eigenvalue weighted by molar-refractivity contribution is 6.02. The van der Waals surface area contributed by atoms with Gasteiger partial charge in [-0.2, -0.15) is 5.10 Å². The zero-order valence-electron chi connectivity index (χ0n) is 14.8. The van der Waals surface area contributed by atoms with Crippen LogP contribution in [0.4, 0.5) is 5.69 Å². The van der Waals surface area contributed by atoms with Gasteiger partial charge < -0.3 is 14.3 Å². The normalized spacial score (nSPS) is 10.9. The first-order valence-corrected chi connectivity index (χ1v) is 8.37. The van der Waals surface area contributed by atoms with Crippen molar-refractivity contribution in [1.29, 1.82) is 0 Å². The Morgan fingerprint density at radius 1 is 1.22 bits per heavy atom. The molecule has 0 spiro atoms. The van der Waals surface area contributed by atoms with E-state index in [4.69, 9.17) is 8.94 Å². The van der Waals surface area contributed by atoms with Gasteiger partial charge in [-0.3, -0.25) is 9.48 Å². The van der Waals surface area contributed by atoms with Crippen molar-refractivity contribution < 1.29 is 13.7 Å². The highest BCUT2D eigenvalue weighted by atomic mass is 16.5. The summed E-state index contributed by atoms with van der Waals surface area (Å²) >= 11 is 0. The highest BCUT2D eigenvalue weighted by Gasteiger charge is 2.14. The SMILES string of the molecule is Cc1cc(C(=O)Nc2ccc(-c3nc(Cn4cccn4)c(C)o3)cc2)no1. The Morgan fingerprint density at radius 2 is 2.04 bits per heavy atom. The van der Waals surface area contributed by atoms with Gasteiger partial charge in [-0.05, 0) is 44.2 Å². The fourth-order valence-corrected chi connectivity index (χ4v) is 2.61. The molecule has 0 aliphatic rings. The summed E-state index contributed by atoms with van der Waals surface area (Å²) in [6.07, 6.45) is 3.60. The molecule has 0 atom stereocenters. The average molecular weight is 363 g/mol. The molecule has 0 fully saturated rings. The summed E-state index contributed by atoms with van der Waals surface area (Å²) < 4.78 is 12.5. The minimum Gasteiger partial charge on any atom is -0.441 e. The van der Waals surface area contributed by atoms with E-state index in [9.17, 15) is 4.79 Å². The Balaban J connectivity index is 1.48. The Kier molecular flexibility index (Phi) is 4.29. The topological polar surface area (TPSA) is 99.0 Å². The summed E-state index contributed by atoms with van der Waals surface area (Å²) in [4.78, 5) is 16.7. The van der Waals surface area contributed by atoms with E-state index in [0.717, 1.165) is 17.0 Å². The number of oxazole rings is 1. The van der Waals surface area contributed by atoms with Crippen LogP contribution in [-0.2, 0) is 6.54 Å². The second-order valence-electron chi connectivity index (χ2n) is 6.08. The van der Waals surface area contributed by atoms with Gasteiger partial charge in [-0.1, -0.05) is 5.16 Å². The van der Waals surface area contributed by atoms with Crippen molar-refractivity contribution >= 4 is 11.6 Å². The molecule has 8 nitrogen and oxygen atoms in total. The molecule has 0 saturated heterocycles. The predicted octanol–water partition coefficient (Wildman–Crippen LogP) is 3.44. The average Bonchev–Trinajstić information content (AvgIpc) is 3.39. The number of anilines is 1. The van der Waals surface area contributed by atoms with Crippen LogP contribution in [-0.4, -0.2) is 25.8 Å². The molecule has 8 heteroatoms. The van der Waals surface area contributed by atoms with E-state index in [0.29, 0.717) is 23.9 Å². The summed E-state index contributed by atoms with van der Waals surface area (Å²) in [7, 11) is 0. The number of nitrogens with zero attached hydrogens (tertiary/aromatic N) is 4. The van der Waals surface area contributed by atoms with Crippen molar-refractivity contribution in [1.82, 2.24) is 19.9 Å². The molecule has 4 aromatic rings. The first kappa shape index (κ1) is 16.8. The Bertz CT molecular complexity index is 1060. The van der Waals surface area contributed by atoms with Crippen LogP contribution in [0.25, 0.3) is 11.5 Å². The summed E-state index contributed by atoms with van der Waals surface area (Å²) in [5.74, 6) is 1.53. The lowest BCUT2D eigenvalue weighted by atomic mass is 10.2. The van der Waals surface area contributed by atoms with E-state index in [1.165, 1.54) is 0 Å². The van der Waals surface area contributed by atoms with Gasteiger partial charge in [0.15, 0.2) is 5.69 Å². The fraction of sp³-hybridized carbons (Fsp3) is 0.158. The summed E-state index contributed by atoms with van der Waals surface area (Å²) in [5, 5.41) is 10.7. The van der Waals surface area contributed by atoms with Crippen molar-refractivity contribution in [3.63, 3.8) is 0 Å². The zero-order valence-corrected chi connectivity index (χ0v) is 14.8. The number of carbonyl (C=O) groups excluding carboxylic acids is 1. The van der Waals surface area contributed by atoms with Gasteiger partial charge in [0.05, 0.1) is 6.54 Å². The molecule has 1 aromatic carbocycles. The number of aromatic nitrogens is 4. The maximum atomic E-state index is 12.1. The molecule has 0 unspecified atom stereocenters. The molecule has 0 saturated carbocycles. The third-order valence-corrected chi connectivity index (χ3v) is 4.01. The van der Waals surface area contributed by atoms with Crippen LogP contribution < -0.4 is 5.32 Å². The number of hydrogen-bond acceptors (Lipinski definition) is 6. The van der Waals surface area contributed by atoms with Gasteiger partial charge in [0, 0.05) is 29.7 Å². The Hall–Kier alpha value is -3.68. The molecule has 27 heavy (non-hydrogen) atoms. The number of benzene rings is 1. The van der Waals surface area contributed by atoms with Gasteiger partial charge in [-0.25, -0.2) is 4.98 Å². The van der Waals surface area contributed by atoms with Gasteiger partial charge in [0.1, 0.15) is 17.2 Å².